The van der Waals surface area contributed by atoms with Crippen LogP contribution in [0.5, 0.6) is 0 Å². The van der Waals surface area contributed by atoms with Crippen molar-refractivity contribution in [3.63, 3.8) is 0 Å². The Balaban J connectivity index is 1.92. The molecule has 0 aromatic heterocycles. The van der Waals surface area contributed by atoms with Crippen molar-refractivity contribution in [2.75, 3.05) is 11.1 Å². The number of nitrogens with one attached hydrogen (secondary N) is 1. The highest BCUT2D eigenvalue weighted by Crippen LogP contribution is 2.31. The number of nitrogen functional groups attached to an aromatic ring is 1. The molecule has 0 atom stereocenters. The summed E-state index contributed by atoms with van der Waals surface area (Å²) in [5, 5.41) is 10.8. The minimum Gasteiger partial charge on any atom is -0.399 e. The van der Waals surface area contributed by atoms with Crippen LogP contribution in [0.25, 0.3) is 0 Å². The van der Waals surface area contributed by atoms with Crippen molar-refractivity contribution in [3.05, 3.63) is 66.2 Å². The van der Waals surface area contributed by atoms with Crippen LogP contribution in [0, 0.1) is 6.92 Å². The maximum atomic E-state index is 11.9. The van der Waals surface area contributed by atoms with Crippen LogP contribution in [0.15, 0.2) is 80.7 Å². The first-order valence-corrected chi connectivity index (χ1v) is 11.6. The van der Waals surface area contributed by atoms with Gasteiger partial charge in [0.15, 0.2) is 0 Å². The number of aryl methyl sites for hydroxylation is 1. The number of rotatable bonds is 6. The maximum absolute atomic E-state index is 11.9. The van der Waals surface area contributed by atoms with Crippen molar-refractivity contribution in [2.24, 2.45) is 10.2 Å². The van der Waals surface area contributed by atoms with Crippen LogP contribution >= 0.6 is 0 Å². The summed E-state index contributed by atoms with van der Waals surface area (Å²) in [6.07, 6.45) is 0. The fourth-order valence-electron chi connectivity index (χ4n) is 2.66. The second kappa shape index (κ2) is 8.43. The Morgan fingerprint density at radius 2 is 1.35 bits per heavy atom. The fourth-order valence-corrected chi connectivity index (χ4v) is 3.81. The van der Waals surface area contributed by atoms with Gasteiger partial charge in [0.2, 0.25) is 0 Å². The molecule has 3 aromatic rings. The van der Waals surface area contributed by atoms with Gasteiger partial charge in [-0.25, -0.2) is 0 Å². The largest absolute Gasteiger partial charge is 0.399 e. The molecule has 10 nitrogen and oxygen atoms in total. The average molecular weight is 463 g/mol. The first-order chi connectivity index (χ1) is 14.4. The topological polar surface area (TPSA) is 172 Å². The molecule has 0 radical (unpaired) electrons. The standard InChI is InChI=1S/C19H18N4O6S2/c1-12-10-13(20)2-8-17(12)21-18-9-5-15(11-19(18)31(27,28)29)23-22-14-3-6-16(7-4-14)30(24,25)26/h2-11,21H,20H2,1H3,(H,24,25,26)(H,27,28,29). The molecule has 5 N–H and O–H groups in total. The van der Waals surface area contributed by atoms with Crippen molar-refractivity contribution in [3.8, 4) is 0 Å². The zero-order valence-electron chi connectivity index (χ0n) is 16.1. The maximum Gasteiger partial charge on any atom is 0.296 e. The monoisotopic (exact) mass is 462 g/mol. The first-order valence-electron chi connectivity index (χ1n) is 8.67. The minimum absolute atomic E-state index is 0.131. The Labute approximate surface area is 179 Å². The van der Waals surface area contributed by atoms with Gasteiger partial charge in [-0.15, -0.1) is 0 Å². The summed E-state index contributed by atoms with van der Waals surface area (Å²) in [7, 11) is -8.91. The predicted octanol–water partition coefficient (Wildman–Crippen LogP) is 4.23. The predicted molar refractivity (Wildman–Crippen MR) is 116 cm³/mol. The lowest BCUT2D eigenvalue weighted by Gasteiger charge is -2.13. The number of hydrogen-bond donors (Lipinski definition) is 4. The summed E-state index contributed by atoms with van der Waals surface area (Å²) in [4.78, 5) is -0.699. The van der Waals surface area contributed by atoms with Crippen molar-refractivity contribution in [2.45, 2.75) is 16.7 Å². The normalized spacial score (nSPS) is 12.2. The molecule has 162 valence electrons. The summed E-state index contributed by atoms with van der Waals surface area (Å²) in [6.45, 7) is 1.79. The van der Waals surface area contributed by atoms with Crippen LogP contribution in [-0.2, 0) is 20.2 Å². The Hall–Kier alpha value is -3.32. The van der Waals surface area contributed by atoms with Crippen LogP contribution in [0.3, 0.4) is 0 Å². The summed E-state index contributed by atoms with van der Waals surface area (Å²) in [5.74, 6) is 0. The fraction of sp³-hybridized carbons (Fsp3) is 0.0526. The lowest BCUT2D eigenvalue weighted by molar-refractivity contribution is 0.481. The van der Waals surface area contributed by atoms with Crippen LogP contribution in [0.2, 0.25) is 0 Å². The number of benzene rings is 3. The van der Waals surface area contributed by atoms with E-state index in [1.54, 1.807) is 25.1 Å². The zero-order chi connectivity index (χ0) is 22.8. The molecule has 0 unspecified atom stereocenters. The third kappa shape index (κ3) is 5.64. The van der Waals surface area contributed by atoms with E-state index in [2.05, 4.69) is 15.5 Å². The van der Waals surface area contributed by atoms with E-state index in [4.69, 9.17) is 10.3 Å². The highest BCUT2D eigenvalue weighted by Gasteiger charge is 2.17. The van der Waals surface area contributed by atoms with E-state index in [1.165, 1.54) is 24.3 Å². The highest BCUT2D eigenvalue weighted by atomic mass is 32.2. The molecule has 0 amide bonds. The van der Waals surface area contributed by atoms with Crippen LogP contribution in [-0.4, -0.2) is 25.9 Å². The van der Waals surface area contributed by atoms with E-state index in [-0.39, 0.29) is 22.0 Å². The molecule has 0 heterocycles. The number of hydrogen-bond acceptors (Lipinski definition) is 8. The van der Waals surface area contributed by atoms with Gasteiger partial charge in [0.25, 0.3) is 20.2 Å². The van der Waals surface area contributed by atoms with Gasteiger partial charge in [-0.3, -0.25) is 9.11 Å². The van der Waals surface area contributed by atoms with Crippen molar-refractivity contribution >= 4 is 48.7 Å². The quantitative estimate of drug-likeness (QED) is 0.239. The molecule has 0 fully saturated rings. The zero-order valence-corrected chi connectivity index (χ0v) is 17.7. The highest BCUT2D eigenvalue weighted by molar-refractivity contribution is 7.86. The lowest BCUT2D eigenvalue weighted by Crippen LogP contribution is -2.04. The van der Waals surface area contributed by atoms with E-state index < -0.39 is 25.1 Å². The molecule has 0 spiro atoms. The van der Waals surface area contributed by atoms with Crippen molar-refractivity contribution < 1.29 is 25.9 Å². The average Bonchev–Trinajstić information content (AvgIpc) is 2.68. The second-order valence-electron chi connectivity index (χ2n) is 6.52. The van der Waals surface area contributed by atoms with Crippen LogP contribution < -0.4 is 11.1 Å². The van der Waals surface area contributed by atoms with Gasteiger partial charge in [-0.1, -0.05) is 0 Å². The lowest BCUT2D eigenvalue weighted by atomic mass is 10.1. The van der Waals surface area contributed by atoms with Crippen LogP contribution in [0.4, 0.5) is 28.4 Å². The second-order valence-corrected chi connectivity index (χ2v) is 9.34. The van der Waals surface area contributed by atoms with Gasteiger partial charge in [0.05, 0.1) is 22.0 Å². The summed E-state index contributed by atoms with van der Waals surface area (Å²) >= 11 is 0. The molecule has 0 saturated heterocycles. The number of azo groups is 1. The summed E-state index contributed by atoms with van der Waals surface area (Å²) in [5.41, 5.74) is 8.18. The van der Waals surface area contributed by atoms with E-state index in [1.807, 2.05) is 0 Å². The smallest absolute Gasteiger partial charge is 0.296 e. The molecule has 0 aliphatic heterocycles. The Bertz CT molecular complexity index is 1370. The van der Waals surface area contributed by atoms with Gasteiger partial charge in [0, 0.05) is 11.4 Å². The number of anilines is 3. The van der Waals surface area contributed by atoms with E-state index in [9.17, 15) is 21.4 Å². The van der Waals surface area contributed by atoms with Crippen LogP contribution in [0.1, 0.15) is 5.56 Å². The SMILES string of the molecule is Cc1cc(N)ccc1Nc1ccc(N=Nc2ccc(S(=O)(=O)O)cc2)cc1S(=O)(=O)O. The number of nitrogens with two attached hydrogens (primary N) is 1. The van der Waals surface area contributed by atoms with Crippen molar-refractivity contribution in [1.29, 1.82) is 0 Å². The molecule has 0 saturated carbocycles. The molecule has 0 bridgehead atoms. The molecule has 3 aromatic carbocycles. The third-order valence-corrected chi connectivity index (χ3v) is 5.94. The Kier molecular flexibility index (Phi) is 6.08. The molecular weight excluding hydrogens is 444 g/mol. The van der Waals surface area contributed by atoms with Gasteiger partial charge in [0.1, 0.15) is 4.90 Å². The molecule has 0 aliphatic rings. The summed E-state index contributed by atoms with van der Waals surface area (Å²) < 4.78 is 64.5. The molecule has 31 heavy (non-hydrogen) atoms. The van der Waals surface area contributed by atoms with E-state index in [0.29, 0.717) is 11.4 Å². The van der Waals surface area contributed by atoms with Gasteiger partial charge in [-0.05, 0) is 73.2 Å². The van der Waals surface area contributed by atoms with Gasteiger partial charge < -0.3 is 11.1 Å². The number of nitrogens with zero attached hydrogens (tertiary/aromatic N) is 2. The third-order valence-electron chi connectivity index (χ3n) is 4.18. The molecule has 12 heteroatoms. The summed E-state index contributed by atoms with van der Waals surface area (Å²) in [6, 6.07) is 14.0. The van der Waals surface area contributed by atoms with Gasteiger partial charge in [-0.2, -0.15) is 27.1 Å². The van der Waals surface area contributed by atoms with Crippen molar-refractivity contribution in [1.82, 2.24) is 0 Å². The van der Waals surface area contributed by atoms with E-state index >= 15 is 0 Å². The molecular formula is C19H18N4O6S2. The Morgan fingerprint density at radius 3 is 1.94 bits per heavy atom. The van der Waals surface area contributed by atoms with Gasteiger partial charge >= 0.3 is 0 Å². The minimum atomic E-state index is -4.59. The molecule has 0 aliphatic carbocycles. The first kappa shape index (κ1) is 22.4. The molecule has 3 rings (SSSR count). The Morgan fingerprint density at radius 1 is 0.774 bits per heavy atom. The van der Waals surface area contributed by atoms with E-state index in [0.717, 1.165) is 23.8 Å².